The van der Waals surface area contributed by atoms with Crippen molar-refractivity contribution in [3.63, 3.8) is 0 Å². The minimum Gasteiger partial charge on any atom is -0.386 e. The number of halogens is 2. The minimum atomic E-state index is -1.46. The Hall–Kier alpha value is -2.28. The molecule has 0 saturated carbocycles. The molecule has 7 heteroatoms. The Labute approximate surface area is 125 Å². The lowest BCUT2D eigenvalue weighted by molar-refractivity contribution is -0.121. The van der Waals surface area contributed by atoms with Gasteiger partial charge in [-0.3, -0.25) is 4.79 Å². The molecule has 118 valence electrons. The predicted molar refractivity (Wildman–Crippen MR) is 74.0 cm³/mol. The Kier molecular flexibility index (Phi) is 4.87. The number of amides is 1. The molecule has 2 rings (SSSR count). The largest absolute Gasteiger partial charge is 0.386 e. The van der Waals surface area contributed by atoms with Crippen molar-refractivity contribution in [2.75, 3.05) is 6.54 Å². The van der Waals surface area contributed by atoms with Gasteiger partial charge >= 0.3 is 0 Å². The summed E-state index contributed by atoms with van der Waals surface area (Å²) in [4.78, 5) is 11.8. The van der Waals surface area contributed by atoms with Crippen molar-refractivity contribution in [2.24, 2.45) is 0 Å². The van der Waals surface area contributed by atoms with Crippen LogP contribution in [0.25, 0.3) is 0 Å². The summed E-state index contributed by atoms with van der Waals surface area (Å²) in [6, 6.07) is 3.30. The number of carbonyl (C=O) groups excluding carboxylic acids is 1. The van der Waals surface area contributed by atoms with Gasteiger partial charge in [-0.25, -0.2) is 8.78 Å². The SMILES string of the molecule is Cc1noc(C)c1CC(=O)NCC(O)c1c(F)cccc1F. The fourth-order valence-electron chi connectivity index (χ4n) is 2.12. The lowest BCUT2D eigenvalue weighted by Crippen LogP contribution is -2.30. The first kappa shape index (κ1) is 16.1. The third kappa shape index (κ3) is 3.48. The second-order valence-corrected chi connectivity index (χ2v) is 4.93. The average molecular weight is 310 g/mol. The van der Waals surface area contributed by atoms with Crippen LogP contribution >= 0.6 is 0 Å². The second kappa shape index (κ2) is 6.65. The topological polar surface area (TPSA) is 75.4 Å². The molecule has 1 heterocycles. The van der Waals surface area contributed by atoms with E-state index in [4.69, 9.17) is 4.52 Å². The first-order valence-corrected chi connectivity index (χ1v) is 6.70. The van der Waals surface area contributed by atoms with Gasteiger partial charge in [-0.15, -0.1) is 0 Å². The second-order valence-electron chi connectivity index (χ2n) is 4.93. The maximum Gasteiger partial charge on any atom is 0.224 e. The maximum absolute atomic E-state index is 13.5. The highest BCUT2D eigenvalue weighted by atomic mass is 19.1. The summed E-state index contributed by atoms with van der Waals surface area (Å²) in [6.07, 6.45) is -1.44. The van der Waals surface area contributed by atoms with Crippen molar-refractivity contribution in [1.82, 2.24) is 10.5 Å². The number of aryl methyl sites for hydroxylation is 2. The van der Waals surface area contributed by atoms with Crippen LogP contribution in [0.5, 0.6) is 0 Å². The molecule has 1 amide bonds. The summed E-state index contributed by atoms with van der Waals surface area (Å²) in [5.41, 5.74) is 0.803. The van der Waals surface area contributed by atoms with Gasteiger partial charge in [-0.1, -0.05) is 11.2 Å². The molecule has 22 heavy (non-hydrogen) atoms. The van der Waals surface area contributed by atoms with E-state index in [0.717, 1.165) is 12.1 Å². The Morgan fingerprint density at radius 2 is 2.00 bits per heavy atom. The van der Waals surface area contributed by atoms with Crippen LogP contribution in [-0.4, -0.2) is 22.7 Å². The predicted octanol–water partition coefficient (Wildman–Crippen LogP) is 1.96. The van der Waals surface area contributed by atoms with E-state index in [1.165, 1.54) is 6.07 Å². The molecule has 0 aliphatic carbocycles. The van der Waals surface area contributed by atoms with Crippen LogP contribution in [0.3, 0.4) is 0 Å². The summed E-state index contributed by atoms with van der Waals surface area (Å²) in [5, 5.41) is 16.0. The monoisotopic (exact) mass is 310 g/mol. The number of rotatable bonds is 5. The molecule has 0 spiro atoms. The molecule has 0 radical (unpaired) electrons. The molecule has 1 unspecified atom stereocenters. The molecule has 2 N–H and O–H groups in total. The van der Waals surface area contributed by atoms with Gasteiger partial charge in [0.05, 0.1) is 17.7 Å². The van der Waals surface area contributed by atoms with Gasteiger partial charge in [0.15, 0.2) is 0 Å². The highest BCUT2D eigenvalue weighted by molar-refractivity contribution is 5.79. The van der Waals surface area contributed by atoms with Crippen LogP contribution in [0.1, 0.15) is 28.7 Å². The summed E-state index contributed by atoms with van der Waals surface area (Å²) >= 11 is 0. The number of aliphatic hydroxyl groups excluding tert-OH is 1. The third-order valence-corrected chi connectivity index (χ3v) is 3.34. The highest BCUT2D eigenvalue weighted by Gasteiger charge is 2.19. The van der Waals surface area contributed by atoms with Gasteiger partial charge in [0.2, 0.25) is 5.91 Å². The van der Waals surface area contributed by atoms with Crippen LogP contribution in [0.2, 0.25) is 0 Å². The van der Waals surface area contributed by atoms with Gasteiger partial charge in [0.1, 0.15) is 23.5 Å². The number of benzene rings is 1. The number of hydrogen-bond donors (Lipinski definition) is 2. The van der Waals surface area contributed by atoms with Crippen LogP contribution in [0.15, 0.2) is 22.7 Å². The normalized spacial score (nSPS) is 12.2. The lowest BCUT2D eigenvalue weighted by Gasteiger charge is -2.13. The minimum absolute atomic E-state index is 0.0215. The first-order valence-electron chi connectivity index (χ1n) is 6.70. The van der Waals surface area contributed by atoms with Crippen molar-refractivity contribution < 1.29 is 23.2 Å². The van der Waals surface area contributed by atoms with Crippen LogP contribution in [0.4, 0.5) is 8.78 Å². The number of nitrogens with zero attached hydrogens (tertiary/aromatic N) is 1. The molecule has 0 saturated heterocycles. The molecular weight excluding hydrogens is 294 g/mol. The smallest absolute Gasteiger partial charge is 0.224 e. The van der Waals surface area contributed by atoms with Crippen molar-refractivity contribution >= 4 is 5.91 Å². The van der Waals surface area contributed by atoms with Crippen molar-refractivity contribution in [1.29, 1.82) is 0 Å². The van der Waals surface area contributed by atoms with Gasteiger partial charge in [0, 0.05) is 12.1 Å². The van der Waals surface area contributed by atoms with Crippen molar-refractivity contribution in [3.05, 3.63) is 52.4 Å². The Bertz CT molecular complexity index is 646. The first-order chi connectivity index (χ1) is 10.4. The molecule has 2 aromatic rings. The van der Waals surface area contributed by atoms with Crippen molar-refractivity contribution in [3.8, 4) is 0 Å². The van der Waals surface area contributed by atoms with Gasteiger partial charge in [0.25, 0.3) is 0 Å². The summed E-state index contributed by atoms with van der Waals surface area (Å²) in [7, 11) is 0. The number of aliphatic hydroxyl groups is 1. The summed E-state index contributed by atoms with van der Waals surface area (Å²) < 4.78 is 31.9. The Morgan fingerprint density at radius 1 is 1.36 bits per heavy atom. The zero-order valence-corrected chi connectivity index (χ0v) is 12.2. The fraction of sp³-hybridized carbons (Fsp3) is 0.333. The number of aromatic nitrogens is 1. The van der Waals surface area contributed by atoms with Crippen LogP contribution < -0.4 is 5.32 Å². The Morgan fingerprint density at radius 3 is 2.55 bits per heavy atom. The zero-order valence-electron chi connectivity index (χ0n) is 12.2. The number of hydrogen-bond acceptors (Lipinski definition) is 4. The summed E-state index contributed by atoms with van der Waals surface area (Å²) in [5.74, 6) is -1.57. The molecular formula is C15H16F2N2O3. The van der Waals surface area contributed by atoms with E-state index >= 15 is 0 Å². The number of carbonyl (C=O) groups is 1. The summed E-state index contributed by atoms with van der Waals surface area (Å²) in [6.45, 7) is 3.11. The van der Waals surface area contributed by atoms with E-state index in [2.05, 4.69) is 10.5 Å². The van der Waals surface area contributed by atoms with E-state index in [1.807, 2.05) is 0 Å². The molecule has 0 bridgehead atoms. The van der Waals surface area contributed by atoms with E-state index in [9.17, 15) is 18.7 Å². The molecule has 1 aromatic heterocycles. The maximum atomic E-state index is 13.5. The van der Waals surface area contributed by atoms with Gasteiger partial charge in [-0.2, -0.15) is 0 Å². The molecule has 1 aromatic carbocycles. The molecule has 1 atom stereocenters. The molecule has 5 nitrogen and oxygen atoms in total. The third-order valence-electron chi connectivity index (χ3n) is 3.34. The quantitative estimate of drug-likeness (QED) is 0.885. The Balaban J connectivity index is 1.96. The van der Waals surface area contributed by atoms with Gasteiger partial charge in [-0.05, 0) is 26.0 Å². The molecule has 0 aliphatic rings. The van der Waals surface area contributed by atoms with Crippen LogP contribution in [0, 0.1) is 25.5 Å². The van der Waals surface area contributed by atoms with Crippen LogP contribution in [-0.2, 0) is 11.2 Å². The van der Waals surface area contributed by atoms with Gasteiger partial charge < -0.3 is 14.9 Å². The van der Waals surface area contributed by atoms with Crippen molar-refractivity contribution in [2.45, 2.75) is 26.4 Å². The average Bonchev–Trinajstić information content (AvgIpc) is 2.77. The standard InChI is InChI=1S/C15H16F2N2O3/c1-8-10(9(2)22-19-8)6-14(21)18-7-13(20)15-11(16)4-3-5-12(15)17/h3-5,13,20H,6-7H2,1-2H3,(H,18,21). The highest BCUT2D eigenvalue weighted by Crippen LogP contribution is 2.20. The molecule has 0 aliphatic heterocycles. The van der Waals surface area contributed by atoms with E-state index in [0.29, 0.717) is 17.0 Å². The number of nitrogens with one attached hydrogen (secondary N) is 1. The molecule has 0 fully saturated rings. The zero-order chi connectivity index (χ0) is 16.3. The fourth-order valence-corrected chi connectivity index (χ4v) is 2.12. The van der Waals surface area contributed by atoms with E-state index < -0.39 is 29.2 Å². The lowest BCUT2D eigenvalue weighted by atomic mass is 10.1. The van der Waals surface area contributed by atoms with E-state index in [-0.39, 0.29) is 13.0 Å². The van der Waals surface area contributed by atoms with E-state index in [1.54, 1.807) is 13.8 Å².